The van der Waals surface area contributed by atoms with E-state index in [4.69, 9.17) is 10.2 Å². The molecule has 106 valence electrons. The maximum Gasteiger partial charge on any atom is 0.332 e. The van der Waals surface area contributed by atoms with Crippen LogP contribution in [-0.2, 0) is 11.3 Å². The van der Waals surface area contributed by atoms with Crippen molar-refractivity contribution in [3.8, 4) is 0 Å². The van der Waals surface area contributed by atoms with Crippen molar-refractivity contribution in [3.05, 3.63) is 16.1 Å². The topological polar surface area (TPSA) is 103 Å². The molecule has 1 aromatic heterocycles. The summed E-state index contributed by atoms with van der Waals surface area (Å²) in [6, 6.07) is -0.314. The number of aliphatic carboxylic acids is 1. The van der Waals surface area contributed by atoms with E-state index >= 15 is 0 Å². The third kappa shape index (κ3) is 4.84. The second kappa shape index (κ2) is 7.05. The van der Waals surface area contributed by atoms with Crippen LogP contribution in [0, 0.1) is 6.92 Å². The Bertz CT molecular complexity index is 449. The van der Waals surface area contributed by atoms with Gasteiger partial charge in [0.1, 0.15) is 0 Å². The Morgan fingerprint density at radius 3 is 2.79 bits per heavy atom. The van der Waals surface area contributed by atoms with Gasteiger partial charge in [0.05, 0.1) is 17.7 Å². The van der Waals surface area contributed by atoms with E-state index in [0.29, 0.717) is 6.54 Å². The molecule has 19 heavy (non-hydrogen) atoms. The fraction of sp³-hybridized carbons (Fsp3) is 0.545. The molecule has 0 fully saturated rings. The molecule has 0 spiro atoms. The van der Waals surface area contributed by atoms with Crippen LogP contribution in [0.15, 0.2) is 5.51 Å². The number of aliphatic hydroxyl groups is 1. The molecule has 0 aliphatic rings. The maximum absolute atomic E-state index is 11.7. The Labute approximate surface area is 114 Å². The zero-order valence-corrected chi connectivity index (χ0v) is 11.6. The molecular formula is C11H17N3O4S. The van der Waals surface area contributed by atoms with Crippen molar-refractivity contribution in [2.75, 3.05) is 13.6 Å². The standard InChI is InChI=1S/C11H17N3O4S/c1-7-9(19-6-13-7)5-14(2)11(18)12-4-3-8(15)10(16)17/h6,8,15H,3-5H2,1-2H3,(H,12,18)(H,16,17)/t8-/m0/s1. The minimum Gasteiger partial charge on any atom is -0.479 e. The van der Waals surface area contributed by atoms with Crippen LogP contribution in [0.1, 0.15) is 17.0 Å². The predicted molar refractivity (Wildman–Crippen MR) is 70.0 cm³/mol. The second-order valence-electron chi connectivity index (χ2n) is 4.09. The van der Waals surface area contributed by atoms with Crippen LogP contribution in [0.25, 0.3) is 0 Å². The molecule has 7 nitrogen and oxygen atoms in total. The summed E-state index contributed by atoms with van der Waals surface area (Å²) in [5.74, 6) is -1.29. The number of carbonyl (C=O) groups excluding carboxylic acids is 1. The average molecular weight is 287 g/mol. The molecule has 1 aromatic rings. The summed E-state index contributed by atoms with van der Waals surface area (Å²) in [7, 11) is 1.64. The first-order valence-electron chi connectivity index (χ1n) is 5.70. The number of aryl methyl sites for hydroxylation is 1. The molecule has 2 amide bonds. The van der Waals surface area contributed by atoms with E-state index < -0.39 is 12.1 Å². The molecule has 0 aliphatic heterocycles. The van der Waals surface area contributed by atoms with Crippen LogP contribution in [-0.4, -0.2) is 51.8 Å². The van der Waals surface area contributed by atoms with Gasteiger partial charge in [-0.25, -0.2) is 14.6 Å². The molecule has 0 unspecified atom stereocenters. The molecule has 0 radical (unpaired) electrons. The number of aliphatic hydroxyl groups excluding tert-OH is 1. The molecule has 1 rings (SSSR count). The number of carbonyl (C=O) groups is 2. The third-order valence-corrected chi connectivity index (χ3v) is 3.47. The van der Waals surface area contributed by atoms with Gasteiger partial charge in [0, 0.05) is 24.9 Å². The molecule has 3 N–H and O–H groups in total. The Kier molecular flexibility index (Phi) is 5.71. The number of thiazole rings is 1. The van der Waals surface area contributed by atoms with E-state index in [1.807, 2.05) is 6.92 Å². The third-order valence-electron chi connectivity index (χ3n) is 2.55. The highest BCUT2D eigenvalue weighted by Crippen LogP contribution is 2.13. The average Bonchev–Trinajstić information content (AvgIpc) is 2.74. The number of nitrogens with zero attached hydrogens (tertiary/aromatic N) is 2. The smallest absolute Gasteiger partial charge is 0.332 e. The van der Waals surface area contributed by atoms with Gasteiger partial charge in [0.2, 0.25) is 0 Å². The molecule has 1 heterocycles. The summed E-state index contributed by atoms with van der Waals surface area (Å²) in [4.78, 5) is 28.7. The lowest BCUT2D eigenvalue weighted by molar-refractivity contribution is -0.146. The number of hydrogen-bond donors (Lipinski definition) is 3. The highest BCUT2D eigenvalue weighted by molar-refractivity contribution is 7.09. The Morgan fingerprint density at radius 1 is 1.58 bits per heavy atom. The fourth-order valence-electron chi connectivity index (χ4n) is 1.34. The highest BCUT2D eigenvalue weighted by atomic mass is 32.1. The fourth-order valence-corrected chi connectivity index (χ4v) is 2.17. The van der Waals surface area contributed by atoms with Crippen LogP contribution in [0.3, 0.4) is 0 Å². The number of carboxylic acids is 1. The van der Waals surface area contributed by atoms with Gasteiger partial charge in [-0.1, -0.05) is 0 Å². The summed E-state index contributed by atoms with van der Waals surface area (Å²) >= 11 is 1.48. The minimum absolute atomic E-state index is 0.0193. The number of nitrogens with one attached hydrogen (secondary N) is 1. The molecule has 1 atom stereocenters. The van der Waals surface area contributed by atoms with Gasteiger partial charge in [-0.15, -0.1) is 11.3 Å². The summed E-state index contributed by atoms with van der Waals surface area (Å²) in [6.07, 6.45) is -1.47. The number of urea groups is 1. The van der Waals surface area contributed by atoms with Crippen LogP contribution in [0.2, 0.25) is 0 Å². The predicted octanol–water partition coefficient (Wildman–Crippen LogP) is 0.429. The van der Waals surface area contributed by atoms with Crippen molar-refractivity contribution in [1.29, 1.82) is 0 Å². The molecule has 0 saturated heterocycles. The second-order valence-corrected chi connectivity index (χ2v) is 5.03. The Morgan fingerprint density at radius 2 is 2.26 bits per heavy atom. The van der Waals surface area contributed by atoms with Crippen molar-refractivity contribution in [3.63, 3.8) is 0 Å². The highest BCUT2D eigenvalue weighted by Gasteiger charge is 2.15. The first-order valence-corrected chi connectivity index (χ1v) is 6.58. The summed E-state index contributed by atoms with van der Waals surface area (Å²) in [5, 5.41) is 20.1. The van der Waals surface area contributed by atoms with Crippen LogP contribution in [0.5, 0.6) is 0 Å². The largest absolute Gasteiger partial charge is 0.479 e. The van der Waals surface area contributed by atoms with Gasteiger partial charge in [-0.3, -0.25) is 0 Å². The lowest BCUT2D eigenvalue weighted by Gasteiger charge is -2.17. The molecule has 8 heteroatoms. The number of hydrogen-bond acceptors (Lipinski definition) is 5. The van der Waals surface area contributed by atoms with E-state index in [0.717, 1.165) is 10.6 Å². The van der Waals surface area contributed by atoms with Crippen LogP contribution < -0.4 is 5.32 Å². The number of aromatic nitrogens is 1. The number of rotatable bonds is 6. The van der Waals surface area contributed by atoms with Gasteiger partial charge in [-0.05, 0) is 6.92 Å². The van der Waals surface area contributed by atoms with Crippen molar-refractivity contribution >= 4 is 23.3 Å². The molecular weight excluding hydrogens is 270 g/mol. The van der Waals surface area contributed by atoms with Gasteiger partial charge in [0.15, 0.2) is 6.10 Å². The molecule has 0 bridgehead atoms. The van der Waals surface area contributed by atoms with E-state index in [1.165, 1.54) is 16.2 Å². The molecule has 0 aliphatic carbocycles. The van der Waals surface area contributed by atoms with Crippen LogP contribution >= 0.6 is 11.3 Å². The van der Waals surface area contributed by atoms with E-state index in [9.17, 15) is 9.59 Å². The summed E-state index contributed by atoms with van der Waals surface area (Å²) < 4.78 is 0. The number of amides is 2. The van der Waals surface area contributed by atoms with Crippen LogP contribution in [0.4, 0.5) is 4.79 Å². The first-order chi connectivity index (χ1) is 8.91. The van der Waals surface area contributed by atoms with Gasteiger partial charge in [0.25, 0.3) is 0 Å². The first kappa shape index (κ1) is 15.4. The molecule has 0 aromatic carbocycles. The maximum atomic E-state index is 11.7. The lowest BCUT2D eigenvalue weighted by atomic mass is 10.2. The van der Waals surface area contributed by atoms with Gasteiger partial charge < -0.3 is 20.4 Å². The van der Waals surface area contributed by atoms with Crippen molar-refractivity contribution in [2.24, 2.45) is 0 Å². The summed E-state index contributed by atoms with van der Waals surface area (Å²) in [6.45, 7) is 2.43. The van der Waals surface area contributed by atoms with Gasteiger partial charge >= 0.3 is 12.0 Å². The zero-order valence-electron chi connectivity index (χ0n) is 10.8. The lowest BCUT2D eigenvalue weighted by Crippen LogP contribution is -2.38. The zero-order chi connectivity index (χ0) is 14.4. The van der Waals surface area contributed by atoms with Gasteiger partial charge in [-0.2, -0.15) is 0 Å². The summed E-state index contributed by atoms with van der Waals surface area (Å²) in [5.41, 5.74) is 2.62. The SMILES string of the molecule is Cc1ncsc1CN(C)C(=O)NCC[C@H](O)C(=O)O. The van der Waals surface area contributed by atoms with Crippen molar-refractivity contribution < 1.29 is 19.8 Å². The normalized spacial score (nSPS) is 11.9. The monoisotopic (exact) mass is 287 g/mol. The van der Waals surface area contributed by atoms with Crippen molar-refractivity contribution in [2.45, 2.75) is 26.0 Å². The quantitative estimate of drug-likeness (QED) is 0.704. The molecule has 0 saturated carbocycles. The van der Waals surface area contributed by atoms with Crippen molar-refractivity contribution in [1.82, 2.24) is 15.2 Å². The van der Waals surface area contributed by atoms with E-state index in [-0.39, 0.29) is 19.0 Å². The van der Waals surface area contributed by atoms with E-state index in [2.05, 4.69) is 10.3 Å². The van der Waals surface area contributed by atoms with E-state index in [1.54, 1.807) is 12.6 Å². The Hall–Kier alpha value is -1.67. The number of carboxylic acid groups (broad SMARTS) is 1. The Balaban J connectivity index is 2.33. The minimum atomic E-state index is -1.45.